The molecule has 1 rings (SSSR count). The number of methoxy groups -OCH3 is 1. The molecule has 1 aliphatic rings. The van der Waals surface area contributed by atoms with Crippen molar-refractivity contribution < 1.29 is 26.7 Å². The zero-order chi connectivity index (χ0) is 11.5. The normalized spacial score (nSPS) is 32.1. The number of halogens is 1. The molecule has 2 N–H and O–H groups in total. The van der Waals surface area contributed by atoms with Gasteiger partial charge in [0.15, 0.2) is 0 Å². The van der Waals surface area contributed by atoms with Crippen molar-refractivity contribution in [3.05, 3.63) is 0 Å². The summed E-state index contributed by atoms with van der Waals surface area (Å²) in [5.74, 6) is -0.0256. The molecule has 6 nitrogen and oxygen atoms in total. The molecule has 0 aromatic carbocycles. The Bertz CT molecular complexity index is 244. The molecule has 0 aliphatic heterocycles. The molecule has 0 bridgehead atoms. The third-order valence-electron chi connectivity index (χ3n) is 2.47. The van der Waals surface area contributed by atoms with Gasteiger partial charge in [0.05, 0.1) is 18.8 Å². The summed E-state index contributed by atoms with van der Waals surface area (Å²) >= 11 is 1.82. The SMILES string of the molecule is CO[C@@H]1C[C@@H](OI)CC1COP(=O)(O)O. The van der Waals surface area contributed by atoms with Crippen LogP contribution in [0, 0.1) is 5.92 Å². The molecule has 0 aromatic heterocycles. The van der Waals surface area contributed by atoms with Crippen LogP contribution in [0.25, 0.3) is 0 Å². The largest absolute Gasteiger partial charge is 0.469 e. The highest BCUT2D eigenvalue weighted by Crippen LogP contribution is 2.39. The topological polar surface area (TPSA) is 85.2 Å². The van der Waals surface area contributed by atoms with Crippen molar-refractivity contribution in [2.45, 2.75) is 25.0 Å². The maximum absolute atomic E-state index is 10.5. The smallest absolute Gasteiger partial charge is 0.381 e. The minimum Gasteiger partial charge on any atom is -0.381 e. The van der Waals surface area contributed by atoms with Crippen LogP contribution in [0.15, 0.2) is 0 Å². The van der Waals surface area contributed by atoms with E-state index >= 15 is 0 Å². The molecule has 1 aliphatic carbocycles. The molecule has 0 aromatic rings. The van der Waals surface area contributed by atoms with Gasteiger partial charge in [-0.2, -0.15) is 0 Å². The second-order valence-corrected chi connectivity index (χ2v) is 5.25. The zero-order valence-electron chi connectivity index (χ0n) is 8.21. The van der Waals surface area contributed by atoms with Gasteiger partial charge in [0.1, 0.15) is 23.0 Å². The van der Waals surface area contributed by atoms with E-state index < -0.39 is 7.82 Å². The van der Waals surface area contributed by atoms with E-state index in [4.69, 9.17) is 17.6 Å². The molecular formula is C7H14IO6P. The van der Waals surface area contributed by atoms with Crippen molar-refractivity contribution in [1.29, 1.82) is 0 Å². The van der Waals surface area contributed by atoms with Crippen LogP contribution < -0.4 is 0 Å². The van der Waals surface area contributed by atoms with Crippen LogP contribution in [0.3, 0.4) is 0 Å². The van der Waals surface area contributed by atoms with Gasteiger partial charge in [-0.05, 0) is 6.42 Å². The van der Waals surface area contributed by atoms with Gasteiger partial charge < -0.3 is 17.6 Å². The monoisotopic (exact) mass is 352 g/mol. The number of hydrogen-bond donors (Lipinski definition) is 2. The maximum atomic E-state index is 10.5. The summed E-state index contributed by atoms with van der Waals surface area (Å²) in [7, 11) is -2.81. The first-order valence-electron chi connectivity index (χ1n) is 4.46. The minimum atomic E-state index is -4.38. The van der Waals surface area contributed by atoms with E-state index in [9.17, 15) is 4.57 Å². The Morgan fingerprint density at radius 3 is 2.60 bits per heavy atom. The summed E-state index contributed by atoms with van der Waals surface area (Å²) in [5, 5.41) is 0. The highest BCUT2D eigenvalue weighted by molar-refractivity contribution is 14.1. The van der Waals surface area contributed by atoms with E-state index in [2.05, 4.69) is 4.52 Å². The van der Waals surface area contributed by atoms with Gasteiger partial charge >= 0.3 is 7.82 Å². The van der Waals surface area contributed by atoms with Gasteiger partial charge in [0, 0.05) is 19.4 Å². The Labute approximate surface area is 102 Å². The van der Waals surface area contributed by atoms with Gasteiger partial charge in [-0.1, -0.05) is 0 Å². The lowest BCUT2D eigenvalue weighted by Gasteiger charge is -2.17. The van der Waals surface area contributed by atoms with Crippen LogP contribution in [0.5, 0.6) is 0 Å². The lowest BCUT2D eigenvalue weighted by atomic mass is 10.1. The van der Waals surface area contributed by atoms with E-state index in [-0.39, 0.29) is 24.7 Å². The molecule has 1 saturated carbocycles. The van der Waals surface area contributed by atoms with Crippen molar-refractivity contribution in [3.8, 4) is 0 Å². The molecule has 8 heteroatoms. The van der Waals surface area contributed by atoms with Crippen LogP contribution in [0.4, 0.5) is 0 Å². The Hall–Kier alpha value is 0.760. The van der Waals surface area contributed by atoms with E-state index in [1.807, 2.05) is 23.0 Å². The summed E-state index contributed by atoms with van der Waals surface area (Å²) < 4.78 is 25.4. The average Bonchev–Trinajstić information content (AvgIpc) is 2.56. The summed E-state index contributed by atoms with van der Waals surface area (Å²) in [6, 6.07) is 0. The van der Waals surface area contributed by atoms with Crippen LogP contribution in [-0.4, -0.2) is 35.7 Å². The highest BCUT2D eigenvalue weighted by atomic mass is 127. The average molecular weight is 352 g/mol. The summed E-state index contributed by atoms with van der Waals surface area (Å²) in [5.41, 5.74) is 0. The number of phosphoric acid groups is 1. The summed E-state index contributed by atoms with van der Waals surface area (Å²) in [4.78, 5) is 17.2. The van der Waals surface area contributed by atoms with Crippen LogP contribution >= 0.6 is 30.8 Å². The van der Waals surface area contributed by atoms with E-state index in [0.717, 1.165) is 6.42 Å². The number of ether oxygens (including phenoxy) is 1. The minimum absolute atomic E-state index is 0.000710. The van der Waals surface area contributed by atoms with E-state index in [0.29, 0.717) is 6.42 Å². The second kappa shape index (κ2) is 5.90. The molecule has 0 heterocycles. The number of rotatable bonds is 5. The molecule has 0 saturated heterocycles. The fraction of sp³-hybridized carbons (Fsp3) is 1.00. The second-order valence-electron chi connectivity index (χ2n) is 3.50. The Balaban J connectivity index is 2.43. The molecular weight excluding hydrogens is 338 g/mol. The van der Waals surface area contributed by atoms with Crippen LogP contribution in [-0.2, 0) is 16.9 Å². The first-order chi connectivity index (χ1) is 6.96. The molecule has 0 spiro atoms. The van der Waals surface area contributed by atoms with E-state index in [1.165, 1.54) is 0 Å². The molecule has 0 amide bonds. The predicted octanol–water partition coefficient (Wildman–Crippen LogP) is 1.26. The predicted molar refractivity (Wildman–Crippen MR) is 60.4 cm³/mol. The van der Waals surface area contributed by atoms with Crippen molar-refractivity contribution in [2.75, 3.05) is 13.7 Å². The summed E-state index contributed by atoms with van der Waals surface area (Å²) in [6.07, 6.45) is 1.44. The van der Waals surface area contributed by atoms with Crippen molar-refractivity contribution in [3.63, 3.8) is 0 Å². The van der Waals surface area contributed by atoms with Crippen molar-refractivity contribution >= 4 is 30.8 Å². The van der Waals surface area contributed by atoms with Gasteiger partial charge in [0.25, 0.3) is 0 Å². The Morgan fingerprint density at radius 2 is 2.13 bits per heavy atom. The van der Waals surface area contributed by atoms with Gasteiger partial charge in [-0.15, -0.1) is 0 Å². The van der Waals surface area contributed by atoms with Gasteiger partial charge in [-0.3, -0.25) is 4.52 Å². The molecule has 15 heavy (non-hydrogen) atoms. The van der Waals surface area contributed by atoms with Gasteiger partial charge in [0.2, 0.25) is 0 Å². The first-order valence-corrected chi connectivity index (χ1v) is 6.87. The van der Waals surface area contributed by atoms with E-state index in [1.54, 1.807) is 7.11 Å². The standard InChI is InChI=1S/C7H14IO6P/c1-12-7-3-6(14-8)2-5(7)4-13-15(9,10)11/h5-7H,2-4H2,1H3,(H2,9,10,11)/t5?,6-,7+/m0/s1. The molecule has 3 atom stereocenters. The Morgan fingerprint density at radius 1 is 1.47 bits per heavy atom. The summed E-state index contributed by atoms with van der Waals surface area (Å²) in [6.45, 7) is -0.000710. The quantitative estimate of drug-likeness (QED) is 0.572. The van der Waals surface area contributed by atoms with Crippen molar-refractivity contribution in [1.82, 2.24) is 0 Å². The lowest BCUT2D eigenvalue weighted by molar-refractivity contribution is 0.0434. The fourth-order valence-electron chi connectivity index (χ4n) is 1.77. The lowest BCUT2D eigenvalue weighted by Crippen LogP contribution is -2.20. The zero-order valence-corrected chi connectivity index (χ0v) is 11.3. The third-order valence-corrected chi connectivity index (χ3v) is 3.68. The molecule has 1 unspecified atom stereocenters. The maximum Gasteiger partial charge on any atom is 0.469 e. The van der Waals surface area contributed by atoms with Crippen LogP contribution in [0.1, 0.15) is 12.8 Å². The number of phosphoric ester groups is 1. The molecule has 90 valence electrons. The van der Waals surface area contributed by atoms with Crippen LogP contribution in [0.2, 0.25) is 0 Å². The van der Waals surface area contributed by atoms with Gasteiger partial charge in [-0.25, -0.2) is 4.57 Å². The van der Waals surface area contributed by atoms with Crippen molar-refractivity contribution in [2.24, 2.45) is 5.92 Å². The Kier molecular flexibility index (Phi) is 5.44. The molecule has 0 radical (unpaired) electrons. The first kappa shape index (κ1) is 13.8. The fourth-order valence-corrected chi connectivity index (χ4v) is 2.57. The third kappa shape index (κ3) is 4.64. The molecule has 1 fully saturated rings. The highest BCUT2D eigenvalue weighted by Gasteiger charge is 2.36. The number of hydrogen-bond acceptors (Lipinski definition) is 4.